The van der Waals surface area contributed by atoms with Crippen LogP contribution in [-0.4, -0.2) is 34.1 Å². The van der Waals surface area contributed by atoms with Crippen molar-refractivity contribution in [1.82, 2.24) is 15.1 Å². The molecule has 1 N–H and O–H groups in total. The number of carbonyl (C=O) groups excluding carboxylic acids is 1. The van der Waals surface area contributed by atoms with Gasteiger partial charge in [0.25, 0.3) is 0 Å². The number of nitrogens with one attached hydrogen (secondary N) is 1. The largest absolute Gasteiger partial charge is 0.356 e. The fourth-order valence-electron chi connectivity index (χ4n) is 3.20. The first kappa shape index (κ1) is 19.0. The van der Waals surface area contributed by atoms with Crippen LogP contribution in [0.2, 0.25) is 0 Å². The lowest BCUT2D eigenvalue weighted by Crippen LogP contribution is -2.31. The number of nitrogens with zero attached hydrogens (tertiary/aromatic N) is 3. The average molecular weight is 411 g/mol. The van der Waals surface area contributed by atoms with Crippen molar-refractivity contribution < 1.29 is 4.79 Å². The van der Waals surface area contributed by atoms with E-state index in [0.29, 0.717) is 6.54 Å². The molecule has 1 aromatic heterocycles. The van der Waals surface area contributed by atoms with Gasteiger partial charge in [-0.2, -0.15) is 0 Å². The number of hydrogen-bond acceptors (Lipinski definition) is 6. The Labute approximate surface area is 173 Å². The molecule has 1 aliphatic heterocycles. The predicted molar refractivity (Wildman–Crippen MR) is 115 cm³/mol. The molecule has 1 amide bonds. The molecule has 3 aromatic rings. The SMILES string of the molecule is O=C(C(Sc1nnc(NCc2ccccc2)s1)c1ccccc1)N1CCCC1. The van der Waals surface area contributed by atoms with Crippen LogP contribution < -0.4 is 5.32 Å². The first-order valence-corrected chi connectivity index (χ1v) is 11.1. The maximum atomic E-state index is 13.1. The van der Waals surface area contributed by atoms with Gasteiger partial charge in [-0.05, 0) is 24.0 Å². The van der Waals surface area contributed by atoms with Crippen molar-refractivity contribution in [3.05, 3.63) is 71.8 Å². The van der Waals surface area contributed by atoms with E-state index in [1.54, 1.807) is 0 Å². The molecule has 5 nitrogen and oxygen atoms in total. The van der Waals surface area contributed by atoms with Crippen molar-refractivity contribution in [2.75, 3.05) is 18.4 Å². The van der Waals surface area contributed by atoms with Crippen LogP contribution in [0.5, 0.6) is 0 Å². The number of carbonyl (C=O) groups is 1. The molecule has 1 aliphatic rings. The van der Waals surface area contributed by atoms with Crippen LogP contribution in [0.3, 0.4) is 0 Å². The van der Waals surface area contributed by atoms with Gasteiger partial charge in [-0.25, -0.2) is 0 Å². The van der Waals surface area contributed by atoms with Crippen LogP contribution in [-0.2, 0) is 11.3 Å². The number of hydrogen-bond donors (Lipinski definition) is 1. The second-order valence-electron chi connectivity index (χ2n) is 6.65. The molecule has 1 atom stereocenters. The van der Waals surface area contributed by atoms with Crippen LogP contribution in [0.4, 0.5) is 5.13 Å². The van der Waals surface area contributed by atoms with E-state index >= 15 is 0 Å². The lowest BCUT2D eigenvalue weighted by Gasteiger charge is -2.22. The smallest absolute Gasteiger partial charge is 0.240 e. The number of anilines is 1. The Morgan fingerprint density at radius 2 is 1.71 bits per heavy atom. The van der Waals surface area contributed by atoms with Crippen molar-refractivity contribution >= 4 is 34.1 Å². The molecule has 2 heterocycles. The molecule has 144 valence electrons. The zero-order chi connectivity index (χ0) is 19.2. The highest BCUT2D eigenvalue weighted by molar-refractivity contribution is 8.01. The fraction of sp³-hybridized carbons (Fsp3) is 0.286. The monoisotopic (exact) mass is 410 g/mol. The minimum atomic E-state index is -0.283. The summed E-state index contributed by atoms with van der Waals surface area (Å²) < 4.78 is 0.803. The average Bonchev–Trinajstić information content (AvgIpc) is 3.44. The minimum Gasteiger partial charge on any atom is -0.356 e. The summed E-state index contributed by atoms with van der Waals surface area (Å²) in [6.45, 7) is 2.40. The molecule has 4 rings (SSSR count). The van der Waals surface area contributed by atoms with Gasteiger partial charge in [-0.15, -0.1) is 10.2 Å². The quantitative estimate of drug-likeness (QED) is 0.577. The molecule has 1 unspecified atom stereocenters. The summed E-state index contributed by atoms with van der Waals surface area (Å²) in [4.78, 5) is 15.1. The summed E-state index contributed by atoms with van der Waals surface area (Å²) in [6.07, 6.45) is 2.18. The number of benzene rings is 2. The van der Waals surface area contributed by atoms with Gasteiger partial charge < -0.3 is 10.2 Å². The second kappa shape index (κ2) is 9.21. The van der Waals surface area contributed by atoms with Crippen LogP contribution in [0.25, 0.3) is 0 Å². The summed E-state index contributed by atoms with van der Waals surface area (Å²) >= 11 is 2.99. The molecule has 0 spiro atoms. The van der Waals surface area contributed by atoms with Gasteiger partial charge in [0.2, 0.25) is 11.0 Å². The first-order valence-electron chi connectivity index (χ1n) is 9.41. The molecular weight excluding hydrogens is 388 g/mol. The Morgan fingerprint density at radius 1 is 1.04 bits per heavy atom. The van der Waals surface area contributed by atoms with E-state index in [0.717, 1.165) is 41.0 Å². The molecule has 0 radical (unpaired) electrons. The van der Waals surface area contributed by atoms with Gasteiger partial charge in [-0.1, -0.05) is 83.8 Å². The maximum Gasteiger partial charge on any atom is 0.240 e. The zero-order valence-corrected chi connectivity index (χ0v) is 17.1. The van der Waals surface area contributed by atoms with Crippen LogP contribution in [0, 0.1) is 0 Å². The molecular formula is C21H22N4OS2. The third-order valence-electron chi connectivity index (χ3n) is 4.66. The van der Waals surface area contributed by atoms with E-state index in [2.05, 4.69) is 27.6 Å². The topological polar surface area (TPSA) is 58.1 Å². The van der Waals surface area contributed by atoms with E-state index in [9.17, 15) is 4.79 Å². The summed E-state index contributed by atoms with van der Waals surface area (Å²) in [5, 5.41) is 12.3. The number of thioether (sulfide) groups is 1. The van der Waals surface area contributed by atoms with E-state index in [4.69, 9.17) is 0 Å². The summed E-state index contributed by atoms with van der Waals surface area (Å²) in [5.41, 5.74) is 2.21. The summed E-state index contributed by atoms with van der Waals surface area (Å²) in [5.74, 6) is 0.169. The Bertz CT molecular complexity index is 895. The van der Waals surface area contributed by atoms with E-state index in [1.807, 2.05) is 53.4 Å². The standard InChI is InChI=1S/C21H22N4OS2/c26-19(25-13-7-8-14-25)18(17-11-5-2-6-12-17)27-21-24-23-20(28-21)22-15-16-9-3-1-4-10-16/h1-6,9-12,18H,7-8,13-15H2,(H,22,23). The Balaban J connectivity index is 1.46. The third kappa shape index (κ3) is 4.72. The van der Waals surface area contributed by atoms with Gasteiger partial charge in [0.1, 0.15) is 5.25 Å². The normalized spacial score (nSPS) is 14.8. The van der Waals surface area contributed by atoms with Crippen LogP contribution in [0.1, 0.15) is 29.2 Å². The first-order chi connectivity index (χ1) is 13.8. The lowest BCUT2D eigenvalue weighted by molar-refractivity contribution is -0.129. The minimum absolute atomic E-state index is 0.169. The summed E-state index contributed by atoms with van der Waals surface area (Å²) in [6, 6.07) is 20.2. The van der Waals surface area contributed by atoms with Crippen molar-refractivity contribution in [3.8, 4) is 0 Å². The molecule has 0 bridgehead atoms. The number of likely N-dealkylation sites (tertiary alicyclic amines) is 1. The van der Waals surface area contributed by atoms with Crippen LogP contribution in [0.15, 0.2) is 65.0 Å². The number of rotatable bonds is 7. The van der Waals surface area contributed by atoms with Gasteiger partial charge in [0.15, 0.2) is 4.34 Å². The zero-order valence-electron chi connectivity index (χ0n) is 15.5. The Hall–Kier alpha value is -2.38. The summed E-state index contributed by atoms with van der Waals surface area (Å²) in [7, 11) is 0. The van der Waals surface area contributed by atoms with Gasteiger partial charge in [0, 0.05) is 19.6 Å². The second-order valence-corrected chi connectivity index (χ2v) is 8.98. The lowest BCUT2D eigenvalue weighted by atomic mass is 10.1. The Morgan fingerprint density at radius 3 is 2.43 bits per heavy atom. The predicted octanol–water partition coefficient (Wildman–Crippen LogP) is 4.61. The molecule has 0 aliphatic carbocycles. The van der Waals surface area contributed by atoms with E-state index in [1.165, 1.54) is 28.7 Å². The Kier molecular flexibility index (Phi) is 6.24. The van der Waals surface area contributed by atoms with Crippen molar-refractivity contribution in [2.24, 2.45) is 0 Å². The van der Waals surface area contributed by atoms with Crippen molar-refractivity contribution in [3.63, 3.8) is 0 Å². The number of amides is 1. The fourth-order valence-corrected chi connectivity index (χ4v) is 5.22. The van der Waals surface area contributed by atoms with Gasteiger partial charge in [-0.3, -0.25) is 4.79 Å². The van der Waals surface area contributed by atoms with Crippen LogP contribution >= 0.6 is 23.1 Å². The van der Waals surface area contributed by atoms with E-state index in [-0.39, 0.29) is 11.2 Å². The molecule has 28 heavy (non-hydrogen) atoms. The maximum absolute atomic E-state index is 13.1. The highest BCUT2D eigenvalue weighted by Gasteiger charge is 2.29. The molecule has 0 saturated carbocycles. The molecule has 2 aromatic carbocycles. The highest BCUT2D eigenvalue weighted by Crippen LogP contribution is 2.39. The van der Waals surface area contributed by atoms with Crippen molar-refractivity contribution in [2.45, 2.75) is 29.0 Å². The van der Waals surface area contributed by atoms with Crippen molar-refractivity contribution in [1.29, 1.82) is 0 Å². The van der Waals surface area contributed by atoms with Gasteiger partial charge in [0.05, 0.1) is 0 Å². The molecule has 1 saturated heterocycles. The number of aromatic nitrogens is 2. The van der Waals surface area contributed by atoms with E-state index < -0.39 is 0 Å². The van der Waals surface area contributed by atoms with Gasteiger partial charge >= 0.3 is 0 Å². The molecule has 1 fully saturated rings. The third-order valence-corrected chi connectivity index (χ3v) is 6.86. The molecule has 7 heteroatoms. The highest BCUT2D eigenvalue weighted by atomic mass is 32.2.